The molecular formula is C16H15NO3. The molecule has 2 aromatic rings. The summed E-state index contributed by atoms with van der Waals surface area (Å²) in [5.41, 5.74) is 1.78. The maximum Gasteiger partial charge on any atom is 0.287 e. The van der Waals surface area contributed by atoms with Gasteiger partial charge in [-0.15, -0.1) is 0 Å². The fourth-order valence-corrected chi connectivity index (χ4v) is 1.68. The van der Waals surface area contributed by atoms with Crippen molar-refractivity contribution >= 4 is 5.91 Å². The van der Waals surface area contributed by atoms with Gasteiger partial charge in [-0.3, -0.25) is 4.79 Å². The predicted octanol–water partition coefficient (Wildman–Crippen LogP) is 1.94. The molecule has 0 aliphatic carbocycles. The van der Waals surface area contributed by atoms with Gasteiger partial charge in [-0.1, -0.05) is 30.0 Å². The average Bonchev–Trinajstić information content (AvgIpc) is 3.00. The molecule has 2 rings (SSSR count). The normalized spacial score (nSPS) is 9.65. The SMILES string of the molecule is O=C(NCc1ccccc1C#CCCO)c1ccco1. The fourth-order valence-electron chi connectivity index (χ4n) is 1.68. The number of rotatable bonds is 4. The molecule has 0 aliphatic heterocycles. The zero-order valence-corrected chi connectivity index (χ0v) is 10.9. The first-order chi connectivity index (χ1) is 9.81. The van der Waals surface area contributed by atoms with E-state index < -0.39 is 0 Å². The molecule has 1 aromatic heterocycles. The van der Waals surface area contributed by atoms with E-state index in [0.29, 0.717) is 13.0 Å². The van der Waals surface area contributed by atoms with Gasteiger partial charge in [-0.2, -0.15) is 0 Å². The van der Waals surface area contributed by atoms with Crippen LogP contribution in [0.3, 0.4) is 0 Å². The molecule has 0 unspecified atom stereocenters. The number of amides is 1. The molecule has 20 heavy (non-hydrogen) atoms. The van der Waals surface area contributed by atoms with Crippen molar-refractivity contribution in [2.24, 2.45) is 0 Å². The van der Waals surface area contributed by atoms with Crippen molar-refractivity contribution in [3.63, 3.8) is 0 Å². The molecule has 1 heterocycles. The monoisotopic (exact) mass is 269 g/mol. The second-order valence-electron chi connectivity index (χ2n) is 4.09. The molecule has 102 valence electrons. The highest BCUT2D eigenvalue weighted by atomic mass is 16.3. The lowest BCUT2D eigenvalue weighted by atomic mass is 10.1. The van der Waals surface area contributed by atoms with Crippen LogP contribution in [-0.2, 0) is 6.54 Å². The summed E-state index contributed by atoms with van der Waals surface area (Å²) >= 11 is 0. The minimum Gasteiger partial charge on any atom is -0.459 e. The maximum absolute atomic E-state index is 11.8. The number of benzene rings is 1. The van der Waals surface area contributed by atoms with Gasteiger partial charge in [0.15, 0.2) is 5.76 Å². The summed E-state index contributed by atoms with van der Waals surface area (Å²) in [4.78, 5) is 11.8. The van der Waals surface area contributed by atoms with E-state index in [1.165, 1.54) is 6.26 Å². The number of hydrogen-bond donors (Lipinski definition) is 2. The van der Waals surface area contributed by atoms with Crippen LogP contribution in [0.4, 0.5) is 0 Å². The molecule has 1 aromatic carbocycles. The van der Waals surface area contributed by atoms with E-state index in [9.17, 15) is 4.79 Å². The van der Waals surface area contributed by atoms with Gasteiger partial charge >= 0.3 is 0 Å². The van der Waals surface area contributed by atoms with Crippen LogP contribution in [0.25, 0.3) is 0 Å². The Bertz CT molecular complexity index is 621. The van der Waals surface area contributed by atoms with Gasteiger partial charge in [0, 0.05) is 18.5 Å². The number of furan rings is 1. The van der Waals surface area contributed by atoms with Crippen molar-refractivity contribution in [2.75, 3.05) is 6.61 Å². The number of aliphatic hydroxyl groups excluding tert-OH is 1. The first kappa shape index (κ1) is 13.9. The fraction of sp³-hybridized carbons (Fsp3) is 0.188. The van der Waals surface area contributed by atoms with E-state index in [1.807, 2.05) is 24.3 Å². The van der Waals surface area contributed by atoms with Gasteiger partial charge in [-0.25, -0.2) is 0 Å². The van der Waals surface area contributed by atoms with E-state index in [1.54, 1.807) is 12.1 Å². The number of carbonyl (C=O) groups is 1. The lowest BCUT2D eigenvalue weighted by Gasteiger charge is -2.05. The minimum absolute atomic E-state index is 0.0460. The van der Waals surface area contributed by atoms with E-state index in [2.05, 4.69) is 17.2 Å². The van der Waals surface area contributed by atoms with Crippen LogP contribution >= 0.6 is 0 Å². The van der Waals surface area contributed by atoms with Crippen molar-refractivity contribution < 1.29 is 14.3 Å². The molecule has 0 radical (unpaired) electrons. The van der Waals surface area contributed by atoms with Gasteiger partial charge < -0.3 is 14.8 Å². The van der Waals surface area contributed by atoms with E-state index in [4.69, 9.17) is 9.52 Å². The Morgan fingerprint density at radius 2 is 2.10 bits per heavy atom. The molecule has 0 fully saturated rings. The summed E-state index contributed by atoms with van der Waals surface area (Å²) in [5, 5.41) is 11.5. The Morgan fingerprint density at radius 1 is 1.25 bits per heavy atom. The molecule has 0 bridgehead atoms. The lowest BCUT2D eigenvalue weighted by molar-refractivity contribution is 0.0923. The number of carbonyl (C=O) groups excluding carboxylic acids is 1. The lowest BCUT2D eigenvalue weighted by Crippen LogP contribution is -2.22. The Labute approximate surface area is 117 Å². The first-order valence-corrected chi connectivity index (χ1v) is 6.30. The largest absolute Gasteiger partial charge is 0.459 e. The van der Waals surface area contributed by atoms with Crippen LogP contribution in [0.1, 0.15) is 28.1 Å². The smallest absolute Gasteiger partial charge is 0.287 e. The molecule has 4 heteroatoms. The van der Waals surface area contributed by atoms with Crippen LogP contribution in [0, 0.1) is 11.8 Å². The molecule has 0 atom stereocenters. The second kappa shape index (κ2) is 7.17. The summed E-state index contributed by atoms with van der Waals surface area (Å²) in [6.07, 6.45) is 1.90. The Kier molecular flexibility index (Phi) is 4.99. The van der Waals surface area contributed by atoms with E-state index in [0.717, 1.165) is 11.1 Å². The van der Waals surface area contributed by atoms with Crippen LogP contribution < -0.4 is 5.32 Å². The van der Waals surface area contributed by atoms with E-state index in [-0.39, 0.29) is 18.3 Å². The minimum atomic E-state index is -0.256. The van der Waals surface area contributed by atoms with Crippen molar-refractivity contribution in [2.45, 2.75) is 13.0 Å². The molecule has 0 spiro atoms. The topological polar surface area (TPSA) is 62.5 Å². The van der Waals surface area contributed by atoms with E-state index >= 15 is 0 Å². The molecule has 0 aliphatic rings. The van der Waals surface area contributed by atoms with Gasteiger partial charge in [0.25, 0.3) is 5.91 Å². The number of nitrogens with one attached hydrogen (secondary N) is 1. The highest BCUT2D eigenvalue weighted by molar-refractivity contribution is 5.91. The molecular weight excluding hydrogens is 254 g/mol. The quantitative estimate of drug-likeness (QED) is 0.834. The standard InChI is InChI=1S/C16H15NO3/c18-10-4-3-7-13-6-1-2-8-14(13)12-17-16(19)15-9-5-11-20-15/h1-2,5-6,8-9,11,18H,4,10,12H2,(H,17,19). The van der Waals surface area contributed by atoms with Crippen LogP contribution in [0.5, 0.6) is 0 Å². The zero-order valence-electron chi connectivity index (χ0n) is 10.9. The summed E-state index contributed by atoms with van der Waals surface area (Å²) in [6, 6.07) is 10.9. The van der Waals surface area contributed by atoms with Crippen LogP contribution in [-0.4, -0.2) is 17.6 Å². The molecule has 4 nitrogen and oxygen atoms in total. The maximum atomic E-state index is 11.8. The van der Waals surface area contributed by atoms with Gasteiger partial charge in [0.2, 0.25) is 0 Å². The second-order valence-corrected chi connectivity index (χ2v) is 4.09. The molecule has 0 saturated carbocycles. The van der Waals surface area contributed by atoms with Crippen molar-refractivity contribution in [3.8, 4) is 11.8 Å². The third-order valence-electron chi connectivity index (χ3n) is 2.66. The Hall–Kier alpha value is -2.51. The summed E-state index contributed by atoms with van der Waals surface area (Å²) < 4.78 is 5.03. The van der Waals surface area contributed by atoms with Gasteiger partial charge in [0.05, 0.1) is 12.9 Å². The van der Waals surface area contributed by atoms with Crippen LogP contribution in [0.2, 0.25) is 0 Å². The third-order valence-corrected chi connectivity index (χ3v) is 2.66. The molecule has 0 saturated heterocycles. The molecule has 2 N–H and O–H groups in total. The summed E-state index contributed by atoms with van der Waals surface area (Å²) in [6.45, 7) is 0.425. The number of hydrogen-bond acceptors (Lipinski definition) is 3. The highest BCUT2D eigenvalue weighted by Gasteiger charge is 2.08. The Morgan fingerprint density at radius 3 is 2.85 bits per heavy atom. The Balaban J connectivity index is 2.03. The predicted molar refractivity (Wildman–Crippen MR) is 74.9 cm³/mol. The van der Waals surface area contributed by atoms with Gasteiger partial charge in [-0.05, 0) is 23.8 Å². The summed E-state index contributed by atoms with van der Waals surface area (Å²) in [5.74, 6) is 5.89. The molecule has 1 amide bonds. The summed E-state index contributed by atoms with van der Waals surface area (Å²) in [7, 11) is 0. The first-order valence-electron chi connectivity index (χ1n) is 6.30. The van der Waals surface area contributed by atoms with Crippen LogP contribution in [0.15, 0.2) is 47.1 Å². The van der Waals surface area contributed by atoms with Gasteiger partial charge in [0.1, 0.15) is 0 Å². The number of aliphatic hydroxyl groups is 1. The van der Waals surface area contributed by atoms with Crippen molar-refractivity contribution in [1.29, 1.82) is 0 Å². The third kappa shape index (κ3) is 3.74. The van der Waals surface area contributed by atoms with Crippen molar-refractivity contribution in [1.82, 2.24) is 5.32 Å². The highest BCUT2D eigenvalue weighted by Crippen LogP contribution is 2.08. The zero-order chi connectivity index (χ0) is 14.2. The average molecular weight is 269 g/mol. The van der Waals surface area contributed by atoms with Crippen molar-refractivity contribution in [3.05, 3.63) is 59.5 Å².